The number of fused-ring (bicyclic) bond motifs is 1. The molecule has 0 aliphatic carbocycles. The number of nitrogens with zero attached hydrogens (tertiary/aromatic N) is 4. The largest absolute Gasteiger partial charge is 0.367 e. The number of hydrogen-bond acceptors (Lipinski definition) is 7. The average Bonchev–Trinajstić information content (AvgIpc) is 2.57. The highest BCUT2D eigenvalue weighted by molar-refractivity contribution is 7.90. The number of benzene rings is 1. The summed E-state index contributed by atoms with van der Waals surface area (Å²) in [6, 6.07) is 7.66. The van der Waals surface area contributed by atoms with Gasteiger partial charge in [0, 0.05) is 18.5 Å². The number of aliphatic hydroxyl groups is 1. The Kier molecular flexibility index (Phi) is 4.49. The van der Waals surface area contributed by atoms with Crippen molar-refractivity contribution in [3.8, 4) is 6.07 Å². The molecule has 27 heavy (non-hydrogen) atoms. The van der Waals surface area contributed by atoms with Gasteiger partial charge >= 0.3 is 0 Å². The van der Waals surface area contributed by atoms with Crippen molar-refractivity contribution in [3.63, 3.8) is 0 Å². The molecular formula is C18H17FN4O3S. The molecule has 7 nitrogen and oxygen atoms in total. The van der Waals surface area contributed by atoms with Crippen molar-refractivity contribution in [2.75, 3.05) is 6.26 Å². The Morgan fingerprint density at radius 1 is 1.33 bits per heavy atom. The molecule has 1 N–H and O–H groups in total. The molecule has 2 aromatic rings. The highest BCUT2D eigenvalue weighted by atomic mass is 32.2. The summed E-state index contributed by atoms with van der Waals surface area (Å²) in [4.78, 5) is 9.80. The second-order valence-corrected chi connectivity index (χ2v) is 8.44. The number of halogens is 1. The van der Waals surface area contributed by atoms with Gasteiger partial charge in [-0.15, -0.1) is 0 Å². The van der Waals surface area contributed by atoms with Crippen LogP contribution in [0.3, 0.4) is 0 Å². The highest BCUT2D eigenvalue weighted by Crippen LogP contribution is 2.41. The lowest BCUT2D eigenvalue weighted by Gasteiger charge is -2.40. The fraction of sp³-hybridized carbons (Fsp3) is 0.278. The first-order chi connectivity index (χ1) is 12.6. The zero-order chi connectivity index (χ0) is 20.0. The topological polar surface area (TPSA) is 107 Å². The molecule has 3 rings (SSSR count). The van der Waals surface area contributed by atoms with E-state index in [2.05, 4.69) is 9.98 Å². The molecule has 140 valence electrons. The Morgan fingerprint density at radius 2 is 1.96 bits per heavy atom. The number of aliphatic imine (C=N–C) groups is 1. The molecule has 0 bridgehead atoms. The van der Waals surface area contributed by atoms with Gasteiger partial charge in [-0.3, -0.25) is 0 Å². The van der Waals surface area contributed by atoms with Gasteiger partial charge in [-0.25, -0.2) is 22.8 Å². The van der Waals surface area contributed by atoms with E-state index in [-0.39, 0.29) is 39.9 Å². The second-order valence-electron chi connectivity index (χ2n) is 6.50. The third kappa shape index (κ3) is 3.29. The number of hydrogen-bond donors (Lipinski definition) is 1. The van der Waals surface area contributed by atoms with E-state index in [1.165, 1.54) is 30.3 Å². The Bertz CT molecular complexity index is 1090. The van der Waals surface area contributed by atoms with Gasteiger partial charge in [-0.05, 0) is 31.5 Å². The molecular weight excluding hydrogens is 371 g/mol. The third-order valence-electron chi connectivity index (χ3n) is 4.41. The van der Waals surface area contributed by atoms with Crippen molar-refractivity contribution in [2.24, 2.45) is 4.99 Å². The van der Waals surface area contributed by atoms with Gasteiger partial charge in [0.15, 0.2) is 20.6 Å². The lowest BCUT2D eigenvalue weighted by Crippen LogP contribution is -2.45. The van der Waals surface area contributed by atoms with Crippen LogP contribution in [0.15, 0.2) is 34.3 Å². The summed E-state index contributed by atoms with van der Waals surface area (Å²) < 4.78 is 37.1. The lowest BCUT2D eigenvalue weighted by molar-refractivity contribution is -0.0632. The van der Waals surface area contributed by atoms with Crippen molar-refractivity contribution >= 4 is 21.9 Å². The summed E-state index contributed by atoms with van der Waals surface area (Å²) in [5.74, 6) is -0.366. The number of nitriles is 1. The van der Waals surface area contributed by atoms with Gasteiger partial charge in [-0.1, -0.05) is 12.1 Å². The molecule has 0 fully saturated rings. The van der Waals surface area contributed by atoms with Crippen LogP contribution in [-0.2, 0) is 22.1 Å². The minimum Gasteiger partial charge on any atom is -0.367 e. The van der Waals surface area contributed by atoms with E-state index in [4.69, 9.17) is 0 Å². The molecule has 1 aliphatic rings. The first-order valence-electron chi connectivity index (χ1n) is 7.98. The van der Waals surface area contributed by atoms with E-state index in [1.54, 1.807) is 19.1 Å². The maximum Gasteiger partial charge on any atom is 0.194 e. The van der Waals surface area contributed by atoms with Gasteiger partial charge in [0.05, 0.1) is 17.6 Å². The summed E-state index contributed by atoms with van der Waals surface area (Å²) in [6.07, 6.45) is 2.31. The number of aryl methyl sites for hydroxylation is 1. The van der Waals surface area contributed by atoms with Gasteiger partial charge in [-0.2, -0.15) is 5.26 Å². The Morgan fingerprint density at radius 3 is 2.52 bits per heavy atom. The van der Waals surface area contributed by atoms with Gasteiger partial charge in [0.2, 0.25) is 0 Å². The first-order valence-corrected chi connectivity index (χ1v) is 9.88. The SMILES string of the molecule is Cc1nc(S(C)(=O)=O)c(C#N)c2c1C(C)(O)N(Cc1ccc(F)cc1)C=N2. The van der Waals surface area contributed by atoms with E-state index in [0.29, 0.717) is 0 Å². The molecule has 0 radical (unpaired) electrons. The summed E-state index contributed by atoms with van der Waals surface area (Å²) in [5, 5.41) is 20.3. The molecule has 1 aliphatic heterocycles. The van der Waals surface area contributed by atoms with E-state index < -0.39 is 15.6 Å². The normalized spacial score (nSPS) is 18.9. The predicted molar refractivity (Wildman–Crippen MR) is 96.5 cm³/mol. The number of pyridine rings is 1. The van der Waals surface area contributed by atoms with Gasteiger partial charge < -0.3 is 10.0 Å². The maximum atomic E-state index is 13.1. The summed E-state index contributed by atoms with van der Waals surface area (Å²) >= 11 is 0. The van der Waals surface area contributed by atoms with Gasteiger partial charge in [0.25, 0.3) is 0 Å². The van der Waals surface area contributed by atoms with Crippen LogP contribution in [0.2, 0.25) is 0 Å². The van der Waals surface area contributed by atoms with Crippen molar-refractivity contribution in [3.05, 3.63) is 52.5 Å². The smallest absolute Gasteiger partial charge is 0.194 e. The quantitative estimate of drug-likeness (QED) is 0.863. The maximum absolute atomic E-state index is 13.1. The van der Waals surface area contributed by atoms with Crippen LogP contribution >= 0.6 is 0 Å². The van der Waals surface area contributed by atoms with E-state index in [9.17, 15) is 23.2 Å². The number of sulfone groups is 1. The summed E-state index contributed by atoms with van der Waals surface area (Å²) in [6.45, 7) is 3.29. The molecule has 0 saturated carbocycles. The molecule has 2 heterocycles. The summed E-state index contributed by atoms with van der Waals surface area (Å²) in [7, 11) is -3.74. The molecule has 1 aromatic heterocycles. The molecule has 0 spiro atoms. The van der Waals surface area contributed by atoms with Crippen LogP contribution in [0.5, 0.6) is 0 Å². The molecule has 1 atom stereocenters. The monoisotopic (exact) mass is 388 g/mol. The standard InChI is InChI=1S/C18H17FN4O3S/c1-11-15-16(14(8-20)17(22-11)27(3,25)26)21-10-23(18(15,2)24)9-12-4-6-13(19)7-5-12/h4-7,10,24H,9H2,1-3H3. The molecule has 0 amide bonds. The Hall–Kier alpha value is -2.83. The van der Waals surface area contributed by atoms with Gasteiger partial charge in [0.1, 0.15) is 17.4 Å². The Balaban J connectivity index is 2.14. The number of rotatable bonds is 3. The average molecular weight is 388 g/mol. The van der Waals surface area contributed by atoms with E-state index in [0.717, 1.165) is 11.8 Å². The van der Waals surface area contributed by atoms with Crippen molar-refractivity contribution in [2.45, 2.75) is 31.1 Å². The van der Waals surface area contributed by atoms with Crippen LogP contribution in [-0.4, -0.2) is 36.0 Å². The van der Waals surface area contributed by atoms with Crippen LogP contribution in [0.1, 0.15) is 29.3 Å². The predicted octanol–water partition coefficient (Wildman–Crippen LogP) is 2.14. The van der Waals surface area contributed by atoms with Crippen LogP contribution in [0.25, 0.3) is 0 Å². The minimum atomic E-state index is -3.74. The van der Waals surface area contributed by atoms with Crippen LogP contribution in [0, 0.1) is 24.1 Å². The van der Waals surface area contributed by atoms with Crippen LogP contribution in [0.4, 0.5) is 10.1 Å². The zero-order valence-electron chi connectivity index (χ0n) is 14.9. The molecule has 0 saturated heterocycles. The minimum absolute atomic E-state index is 0.0887. The Labute approximate surface area is 156 Å². The zero-order valence-corrected chi connectivity index (χ0v) is 15.7. The van der Waals surface area contributed by atoms with Crippen molar-refractivity contribution < 1.29 is 17.9 Å². The molecule has 1 aromatic carbocycles. The highest BCUT2D eigenvalue weighted by Gasteiger charge is 2.39. The van der Waals surface area contributed by atoms with Crippen molar-refractivity contribution in [1.82, 2.24) is 9.88 Å². The second kappa shape index (κ2) is 6.40. The molecule has 1 unspecified atom stereocenters. The summed E-state index contributed by atoms with van der Waals surface area (Å²) in [5.41, 5.74) is -0.441. The molecule has 9 heteroatoms. The fourth-order valence-corrected chi connectivity index (χ4v) is 3.91. The number of aromatic nitrogens is 1. The first kappa shape index (κ1) is 18.9. The third-order valence-corrected chi connectivity index (χ3v) is 5.40. The van der Waals surface area contributed by atoms with Crippen LogP contribution < -0.4 is 0 Å². The fourth-order valence-electron chi connectivity index (χ4n) is 3.09. The lowest BCUT2D eigenvalue weighted by atomic mass is 9.95. The van der Waals surface area contributed by atoms with E-state index in [1.807, 2.05) is 6.07 Å². The van der Waals surface area contributed by atoms with E-state index >= 15 is 0 Å². The van der Waals surface area contributed by atoms with Crippen molar-refractivity contribution in [1.29, 1.82) is 5.26 Å².